The second-order valence-corrected chi connectivity index (χ2v) is 1.90. The smallest absolute Gasteiger partial charge is 0.660 e. The van der Waals surface area contributed by atoms with E-state index in [1.165, 1.54) is 12.8 Å². The van der Waals surface area contributed by atoms with Gasteiger partial charge in [0, 0.05) is 0 Å². The molecule has 36 valence electrons. The third kappa shape index (κ3) is 2.38. The molecule has 0 N–H and O–H groups in total. The molecule has 1 atom stereocenters. The standard InChI is InChI=1S/C5H10N.Li/c1-5-3-2-4-6-5;/h5H,2-4H2,1H3;/q-1;+1. The van der Waals surface area contributed by atoms with Crippen molar-refractivity contribution in [3.05, 3.63) is 5.32 Å². The average molecular weight is 91.1 g/mol. The monoisotopic (exact) mass is 91.1 g/mol. The SMILES string of the molecule is CC1CCC[N-]1.[Li+]. The van der Waals surface area contributed by atoms with E-state index in [9.17, 15) is 0 Å². The Morgan fingerprint density at radius 2 is 2.29 bits per heavy atom. The molecule has 2 heteroatoms. The maximum Gasteiger partial charge on any atom is 1.00 e. The van der Waals surface area contributed by atoms with Gasteiger partial charge in [-0.3, -0.25) is 0 Å². The summed E-state index contributed by atoms with van der Waals surface area (Å²) in [5.74, 6) is 0. The number of hydrogen-bond acceptors (Lipinski definition) is 0. The second kappa shape index (κ2) is 3.55. The van der Waals surface area contributed by atoms with Crippen molar-refractivity contribution in [2.75, 3.05) is 6.54 Å². The topological polar surface area (TPSA) is 14.1 Å². The van der Waals surface area contributed by atoms with Crippen LogP contribution < -0.4 is 18.9 Å². The molecular weight excluding hydrogens is 81.0 g/mol. The molecule has 1 aliphatic heterocycles. The van der Waals surface area contributed by atoms with Crippen molar-refractivity contribution in [3.8, 4) is 0 Å². The minimum absolute atomic E-state index is 0. The van der Waals surface area contributed by atoms with E-state index in [1.807, 2.05) is 0 Å². The van der Waals surface area contributed by atoms with Gasteiger partial charge < -0.3 is 5.32 Å². The van der Waals surface area contributed by atoms with E-state index in [2.05, 4.69) is 12.2 Å². The van der Waals surface area contributed by atoms with Crippen molar-refractivity contribution < 1.29 is 18.9 Å². The summed E-state index contributed by atoms with van der Waals surface area (Å²) in [6, 6.07) is 0.671. The Kier molecular flexibility index (Phi) is 3.83. The van der Waals surface area contributed by atoms with Gasteiger partial charge in [0.2, 0.25) is 0 Å². The Labute approximate surface area is 57.0 Å². The van der Waals surface area contributed by atoms with Crippen LogP contribution in [0.1, 0.15) is 19.8 Å². The number of hydrogen-bond donors (Lipinski definition) is 0. The molecule has 1 aliphatic rings. The molecule has 0 aliphatic carbocycles. The molecule has 0 bridgehead atoms. The Morgan fingerprint density at radius 3 is 2.43 bits per heavy atom. The minimum Gasteiger partial charge on any atom is -0.660 e. The van der Waals surface area contributed by atoms with Crippen LogP contribution in [0.5, 0.6) is 0 Å². The maximum atomic E-state index is 4.24. The molecule has 0 aromatic heterocycles. The van der Waals surface area contributed by atoms with Crippen molar-refractivity contribution in [2.45, 2.75) is 25.8 Å². The first-order valence-corrected chi connectivity index (χ1v) is 2.56. The molecular formula is C5H10LiN. The van der Waals surface area contributed by atoms with Gasteiger partial charge in [0.15, 0.2) is 0 Å². The van der Waals surface area contributed by atoms with E-state index in [0.29, 0.717) is 6.04 Å². The Balaban J connectivity index is 0.000000360. The van der Waals surface area contributed by atoms with Crippen LogP contribution in [0.3, 0.4) is 0 Å². The zero-order valence-electron chi connectivity index (χ0n) is 5.15. The van der Waals surface area contributed by atoms with Crippen LogP contribution in [0, 0.1) is 0 Å². The van der Waals surface area contributed by atoms with Crippen LogP contribution in [0.15, 0.2) is 0 Å². The van der Waals surface area contributed by atoms with Crippen LogP contribution in [-0.4, -0.2) is 12.6 Å². The Bertz CT molecular complexity index is 41.3. The summed E-state index contributed by atoms with van der Waals surface area (Å²) in [7, 11) is 0. The molecule has 1 unspecified atom stereocenters. The quantitative estimate of drug-likeness (QED) is 0.324. The minimum atomic E-state index is 0. The van der Waals surface area contributed by atoms with Crippen LogP contribution >= 0.6 is 0 Å². The third-order valence-electron chi connectivity index (χ3n) is 1.22. The van der Waals surface area contributed by atoms with Crippen molar-refractivity contribution in [2.24, 2.45) is 0 Å². The zero-order chi connectivity index (χ0) is 4.41. The molecule has 7 heavy (non-hydrogen) atoms. The predicted molar refractivity (Wildman–Crippen MR) is 26.9 cm³/mol. The van der Waals surface area contributed by atoms with E-state index < -0.39 is 0 Å². The maximum absolute atomic E-state index is 4.24. The van der Waals surface area contributed by atoms with Crippen LogP contribution in [0.2, 0.25) is 0 Å². The van der Waals surface area contributed by atoms with E-state index in [1.54, 1.807) is 0 Å². The largest absolute Gasteiger partial charge is 1.00 e. The fraction of sp³-hybridized carbons (Fsp3) is 1.00. The van der Waals surface area contributed by atoms with Crippen molar-refractivity contribution in [1.29, 1.82) is 0 Å². The van der Waals surface area contributed by atoms with Crippen molar-refractivity contribution in [3.63, 3.8) is 0 Å². The molecule has 1 rings (SSSR count). The van der Waals surface area contributed by atoms with Gasteiger partial charge in [0.25, 0.3) is 0 Å². The van der Waals surface area contributed by atoms with Crippen molar-refractivity contribution in [1.82, 2.24) is 0 Å². The van der Waals surface area contributed by atoms with Crippen LogP contribution in [0.25, 0.3) is 5.32 Å². The van der Waals surface area contributed by atoms with Gasteiger partial charge in [-0.1, -0.05) is 19.8 Å². The average Bonchev–Trinajstić information content (AvgIpc) is 1.86. The van der Waals surface area contributed by atoms with Crippen molar-refractivity contribution >= 4 is 0 Å². The summed E-state index contributed by atoms with van der Waals surface area (Å²) in [5.41, 5.74) is 0. The third-order valence-corrected chi connectivity index (χ3v) is 1.22. The van der Waals surface area contributed by atoms with Gasteiger partial charge in [-0.2, -0.15) is 0 Å². The van der Waals surface area contributed by atoms with Gasteiger partial charge in [-0.25, -0.2) is 0 Å². The molecule has 1 fully saturated rings. The van der Waals surface area contributed by atoms with Gasteiger partial charge >= 0.3 is 18.9 Å². The van der Waals surface area contributed by atoms with E-state index >= 15 is 0 Å². The molecule has 0 spiro atoms. The van der Waals surface area contributed by atoms with Gasteiger partial charge in [0.1, 0.15) is 0 Å². The number of nitrogens with zero attached hydrogens (tertiary/aromatic N) is 1. The van der Waals surface area contributed by atoms with Crippen LogP contribution in [0.4, 0.5) is 0 Å². The summed E-state index contributed by atoms with van der Waals surface area (Å²) in [4.78, 5) is 0. The van der Waals surface area contributed by atoms with Crippen LogP contribution in [-0.2, 0) is 0 Å². The fourth-order valence-electron chi connectivity index (χ4n) is 0.790. The van der Waals surface area contributed by atoms with E-state index in [0.717, 1.165) is 6.54 Å². The summed E-state index contributed by atoms with van der Waals surface area (Å²) in [6.45, 7) is 3.29. The number of rotatable bonds is 0. The summed E-state index contributed by atoms with van der Waals surface area (Å²) < 4.78 is 0. The van der Waals surface area contributed by atoms with E-state index in [4.69, 9.17) is 0 Å². The fourth-order valence-corrected chi connectivity index (χ4v) is 0.790. The molecule has 0 aromatic rings. The second-order valence-electron chi connectivity index (χ2n) is 1.90. The first-order chi connectivity index (χ1) is 2.89. The molecule has 0 saturated carbocycles. The summed E-state index contributed by atoms with van der Waals surface area (Å²) in [6.07, 6.45) is 2.64. The molecule has 0 radical (unpaired) electrons. The Hall–Kier alpha value is 0.557. The molecule has 1 saturated heterocycles. The van der Waals surface area contributed by atoms with Gasteiger partial charge in [-0.05, 0) is 0 Å². The predicted octanol–water partition coefficient (Wildman–Crippen LogP) is -1.45. The molecule has 1 nitrogen and oxygen atoms in total. The van der Waals surface area contributed by atoms with Gasteiger partial charge in [0.05, 0.1) is 0 Å². The summed E-state index contributed by atoms with van der Waals surface area (Å²) in [5, 5.41) is 4.24. The zero-order valence-corrected chi connectivity index (χ0v) is 5.15. The summed E-state index contributed by atoms with van der Waals surface area (Å²) >= 11 is 0. The first kappa shape index (κ1) is 7.56. The Morgan fingerprint density at radius 1 is 1.57 bits per heavy atom. The molecule has 1 heterocycles. The van der Waals surface area contributed by atoms with E-state index in [-0.39, 0.29) is 18.9 Å². The first-order valence-electron chi connectivity index (χ1n) is 2.56. The van der Waals surface area contributed by atoms with Gasteiger partial charge in [-0.15, -0.1) is 12.6 Å². The molecule has 0 amide bonds. The molecule has 0 aromatic carbocycles. The normalized spacial score (nSPS) is 29.6.